The monoisotopic (exact) mass is 612 g/mol. The Bertz CT molecular complexity index is 1790. The van der Waals surface area contributed by atoms with Crippen LogP contribution >= 0.6 is 11.8 Å². The number of fused-ring (bicyclic) bond motifs is 1. The Morgan fingerprint density at radius 1 is 1.05 bits per heavy atom. The molecule has 0 fully saturated rings. The number of benzene rings is 3. The minimum absolute atomic E-state index is 0.334. The molecule has 2 aromatic heterocycles. The molecular weight excluding hydrogens is 584 g/mol. The van der Waals surface area contributed by atoms with E-state index in [0.29, 0.717) is 34.4 Å². The summed E-state index contributed by atoms with van der Waals surface area (Å²) >= 11 is 1.63. The Hall–Kier alpha value is -4.65. The number of nitrogens with two attached hydrogens (primary N) is 2. The van der Waals surface area contributed by atoms with Crippen LogP contribution in [-0.4, -0.2) is 43.3 Å². The number of anilines is 2. The molecule has 8 nitrogen and oxygen atoms in total. The summed E-state index contributed by atoms with van der Waals surface area (Å²) in [5, 5.41) is 13.5. The number of halogens is 4. The lowest BCUT2D eigenvalue weighted by atomic mass is 9.91. The molecule has 0 saturated carbocycles. The number of carboxylic acid groups (broad SMARTS) is 1. The van der Waals surface area contributed by atoms with Gasteiger partial charge in [0, 0.05) is 34.1 Å². The first-order valence-electron chi connectivity index (χ1n) is 12.9. The molecule has 224 valence electrons. The molecule has 0 amide bonds. The van der Waals surface area contributed by atoms with Crippen LogP contribution in [0.25, 0.3) is 22.2 Å². The maximum absolute atomic E-state index is 15.4. The number of pyridine rings is 1. The number of hydrogen-bond acceptors (Lipinski definition) is 7. The van der Waals surface area contributed by atoms with Gasteiger partial charge in [0.05, 0.1) is 11.6 Å². The molecule has 0 spiro atoms. The number of thioether (sulfide) groups is 1. The highest BCUT2D eigenvalue weighted by Crippen LogP contribution is 2.37. The zero-order chi connectivity index (χ0) is 31.5. The molecule has 5 aromatic rings. The summed E-state index contributed by atoms with van der Waals surface area (Å²) in [6.45, 7) is 2.04. The maximum Gasteiger partial charge on any atom is 0.490 e. The van der Waals surface area contributed by atoms with E-state index < -0.39 is 18.1 Å². The topological polar surface area (TPSA) is 133 Å². The van der Waals surface area contributed by atoms with Gasteiger partial charge in [0.15, 0.2) is 5.82 Å². The molecule has 1 atom stereocenters. The van der Waals surface area contributed by atoms with Crippen LogP contribution in [-0.2, 0) is 18.3 Å². The minimum Gasteiger partial charge on any atom is -0.475 e. The summed E-state index contributed by atoms with van der Waals surface area (Å²) in [5.41, 5.74) is 16.0. The maximum atomic E-state index is 15.4. The van der Waals surface area contributed by atoms with Gasteiger partial charge >= 0.3 is 12.1 Å². The standard InChI is InChI=1S/C28H27FN6S.C2HF3O2/c1-4-16-9-12-22(29)21(13-16)25(23-15-17-14-18(30)10-11-19(17)26(31)32-23)28-33-27(34-35(28)2)20-7-5-6-8-24(20)36-3;3-2(4,5)1(6)7/h5-15,25H,4,30H2,1-3H3,(H2,31,32);(H,6,7). The quantitative estimate of drug-likeness (QED) is 0.114. The van der Waals surface area contributed by atoms with E-state index in [1.807, 2.05) is 68.8 Å². The molecule has 13 heteroatoms. The van der Waals surface area contributed by atoms with Gasteiger partial charge in [-0.15, -0.1) is 11.8 Å². The van der Waals surface area contributed by atoms with Crippen LogP contribution < -0.4 is 11.5 Å². The third-order valence-corrected chi connectivity index (χ3v) is 7.42. The van der Waals surface area contributed by atoms with E-state index >= 15 is 4.39 Å². The van der Waals surface area contributed by atoms with Gasteiger partial charge in [0.1, 0.15) is 17.5 Å². The van der Waals surface area contributed by atoms with Crippen molar-refractivity contribution in [2.24, 2.45) is 7.05 Å². The van der Waals surface area contributed by atoms with E-state index in [4.69, 9.17) is 36.4 Å². The first kappa shape index (κ1) is 31.3. The predicted molar refractivity (Wildman–Crippen MR) is 159 cm³/mol. The van der Waals surface area contributed by atoms with Gasteiger partial charge in [-0.1, -0.05) is 31.2 Å². The van der Waals surface area contributed by atoms with E-state index in [2.05, 4.69) is 0 Å². The molecule has 0 aliphatic carbocycles. The Kier molecular flexibility index (Phi) is 9.24. The third-order valence-electron chi connectivity index (χ3n) is 6.63. The number of aliphatic carboxylic acids is 1. The van der Waals surface area contributed by atoms with Gasteiger partial charge in [0.25, 0.3) is 0 Å². The van der Waals surface area contributed by atoms with Crippen molar-refractivity contribution < 1.29 is 27.5 Å². The second-order valence-electron chi connectivity index (χ2n) is 9.48. The molecule has 1 unspecified atom stereocenters. The zero-order valence-corrected chi connectivity index (χ0v) is 24.2. The van der Waals surface area contributed by atoms with Gasteiger partial charge in [-0.25, -0.2) is 19.2 Å². The average Bonchev–Trinajstić information content (AvgIpc) is 3.34. The molecule has 5 rings (SSSR count). The van der Waals surface area contributed by atoms with Crippen molar-refractivity contribution in [3.63, 3.8) is 0 Å². The second-order valence-corrected chi connectivity index (χ2v) is 10.3. The van der Waals surface area contributed by atoms with Gasteiger partial charge in [-0.05, 0) is 66.1 Å². The van der Waals surface area contributed by atoms with Crippen LogP contribution in [0.5, 0.6) is 0 Å². The number of alkyl halides is 3. The number of carboxylic acids is 1. The highest BCUT2D eigenvalue weighted by atomic mass is 32.2. The molecular formula is C30H28F4N6O2S. The fourth-order valence-electron chi connectivity index (χ4n) is 4.53. The Morgan fingerprint density at radius 2 is 1.74 bits per heavy atom. The number of nitrogens with zero attached hydrogens (tertiary/aromatic N) is 4. The number of nitrogen functional groups attached to an aromatic ring is 2. The van der Waals surface area contributed by atoms with Crippen molar-refractivity contribution in [3.8, 4) is 11.4 Å². The van der Waals surface area contributed by atoms with Gasteiger partial charge in [-0.3, -0.25) is 4.68 Å². The van der Waals surface area contributed by atoms with Crippen molar-refractivity contribution in [1.29, 1.82) is 0 Å². The summed E-state index contributed by atoms with van der Waals surface area (Å²) in [6.07, 6.45) is -2.29. The van der Waals surface area contributed by atoms with E-state index in [-0.39, 0.29) is 5.82 Å². The lowest BCUT2D eigenvalue weighted by Crippen LogP contribution is -2.21. The van der Waals surface area contributed by atoms with Crippen LogP contribution in [0.2, 0.25) is 0 Å². The smallest absolute Gasteiger partial charge is 0.475 e. The minimum atomic E-state index is -5.08. The average molecular weight is 613 g/mol. The van der Waals surface area contributed by atoms with Crippen molar-refractivity contribution in [2.75, 3.05) is 17.7 Å². The summed E-state index contributed by atoms with van der Waals surface area (Å²) in [5.74, 6) is -2.21. The van der Waals surface area contributed by atoms with Crippen LogP contribution in [0, 0.1) is 5.82 Å². The predicted octanol–water partition coefficient (Wildman–Crippen LogP) is 6.43. The molecule has 0 aliphatic rings. The number of rotatable bonds is 6. The van der Waals surface area contributed by atoms with E-state index in [9.17, 15) is 13.2 Å². The highest BCUT2D eigenvalue weighted by Gasteiger charge is 2.38. The van der Waals surface area contributed by atoms with Gasteiger partial charge < -0.3 is 16.6 Å². The fourth-order valence-corrected chi connectivity index (χ4v) is 5.12. The normalized spacial score (nSPS) is 12.1. The van der Waals surface area contributed by atoms with Crippen molar-refractivity contribution in [3.05, 3.63) is 95.2 Å². The lowest BCUT2D eigenvalue weighted by Gasteiger charge is -2.19. The van der Waals surface area contributed by atoms with Crippen molar-refractivity contribution >= 4 is 40.0 Å². The van der Waals surface area contributed by atoms with E-state index in [1.54, 1.807) is 28.6 Å². The summed E-state index contributed by atoms with van der Waals surface area (Å²) in [4.78, 5) is 19.6. The Balaban J connectivity index is 0.000000541. The molecule has 2 heterocycles. The zero-order valence-electron chi connectivity index (χ0n) is 23.4. The van der Waals surface area contributed by atoms with Gasteiger partial charge in [0.2, 0.25) is 0 Å². The number of hydrogen-bond donors (Lipinski definition) is 3. The number of aromatic nitrogens is 4. The molecule has 43 heavy (non-hydrogen) atoms. The largest absolute Gasteiger partial charge is 0.490 e. The Morgan fingerprint density at radius 3 is 2.40 bits per heavy atom. The highest BCUT2D eigenvalue weighted by molar-refractivity contribution is 7.98. The van der Waals surface area contributed by atoms with Crippen LogP contribution in [0.1, 0.15) is 35.5 Å². The van der Waals surface area contributed by atoms with Crippen molar-refractivity contribution in [2.45, 2.75) is 30.3 Å². The van der Waals surface area contributed by atoms with Gasteiger partial charge in [-0.2, -0.15) is 18.3 Å². The second kappa shape index (κ2) is 12.7. The van der Waals surface area contributed by atoms with Crippen LogP contribution in [0.3, 0.4) is 0 Å². The molecule has 0 saturated heterocycles. The molecule has 3 aromatic carbocycles. The summed E-state index contributed by atoms with van der Waals surface area (Å²) in [6, 6.07) is 20.6. The summed E-state index contributed by atoms with van der Waals surface area (Å²) in [7, 11) is 1.82. The molecule has 0 bridgehead atoms. The summed E-state index contributed by atoms with van der Waals surface area (Å²) < 4.78 is 48.9. The fraction of sp³-hybridized carbons (Fsp3) is 0.200. The first-order valence-corrected chi connectivity index (χ1v) is 14.1. The third kappa shape index (κ3) is 6.88. The number of aryl methyl sites for hydroxylation is 2. The van der Waals surface area contributed by atoms with E-state index in [0.717, 1.165) is 33.2 Å². The Labute approximate surface area is 248 Å². The molecule has 5 N–H and O–H groups in total. The van der Waals surface area contributed by atoms with Crippen molar-refractivity contribution in [1.82, 2.24) is 19.7 Å². The SMILES string of the molecule is CCc1ccc(F)c(C(c2cc3cc(N)ccc3c(N)n2)c2nc(-c3ccccc3SC)nn2C)c1.O=C(O)C(F)(F)F. The molecule has 0 aliphatic heterocycles. The van der Waals surface area contributed by atoms with Crippen LogP contribution in [0.4, 0.5) is 29.1 Å². The van der Waals surface area contributed by atoms with E-state index in [1.165, 1.54) is 6.07 Å². The number of carbonyl (C=O) groups is 1. The lowest BCUT2D eigenvalue weighted by molar-refractivity contribution is -0.192. The van der Waals surface area contributed by atoms with Crippen LogP contribution in [0.15, 0.2) is 71.6 Å². The molecule has 0 radical (unpaired) electrons. The first-order chi connectivity index (χ1) is 20.3.